The Kier molecular flexibility index (Phi) is 4.04. The SMILES string of the molecule is CC1CCC(C(O)C2(C#N)CCc3ccccc3C2)CC1. The molecule has 1 fully saturated rings. The lowest BCUT2D eigenvalue weighted by atomic mass is 9.64. The van der Waals surface area contributed by atoms with Gasteiger partial charge in [-0.3, -0.25) is 0 Å². The van der Waals surface area contributed by atoms with Gasteiger partial charge in [-0.25, -0.2) is 0 Å². The summed E-state index contributed by atoms with van der Waals surface area (Å²) in [6.07, 6.45) is 6.51. The van der Waals surface area contributed by atoms with Crippen LogP contribution in [0.15, 0.2) is 24.3 Å². The van der Waals surface area contributed by atoms with Crippen molar-refractivity contribution in [3.05, 3.63) is 35.4 Å². The molecule has 0 heterocycles. The van der Waals surface area contributed by atoms with Crippen molar-refractivity contribution in [3.8, 4) is 6.07 Å². The zero-order chi connectivity index (χ0) is 14.9. The number of aliphatic hydroxyl groups excluding tert-OH is 1. The molecule has 1 aromatic rings. The average Bonchev–Trinajstić information content (AvgIpc) is 2.54. The third kappa shape index (κ3) is 2.72. The number of nitrogens with zero attached hydrogens (tertiary/aromatic N) is 1. The van der Waals surface area contributed by atoms with Crippen LogP contribution in [0.1, 0.15) is 50.2 Å². The summed E-state index contributed by atoms with van der Waals surface area (Å²) >= 11 is 0. The quantitative estimate of drug-likeness (QED) is 0.895. The van der Waals surface area contributed by atoms with E-state index in [0.717, 1.165) is 31.6 Å². The molecule has 21 heavy (non-hydrogen) atoms. The standard InChI is InChI=1S/C19H25NO/c1-14-6-8-16(9-7-14)18(21)19(13-20)11-10-15-4-2-3-5-17(15)12-19/h2-5,14,16,18,21H,6-12H2,1H3. The second kappa shape index (κ2) is 5.81. The van der Waals surface area contributed by atoms with Gasteiger partial charge in [0.05, 0.1) is 17.6 Å². The Morgan fingerprint density at radius 1 is 1.19 bits per heavy atom. The zero-order valence-corrected chi connectivity index (χ0v) is 12.9. The van der Waals surface area contributed by atoms with Crippen molar-refractivity contribution < 1.29 is 5.11 Å². The number of aliphatic hydroxyl groups is 1. The minimum Gasteiger partial charge on any atom is -0.391 e. The molecule has 0 bridgehead atoms. The van der Waals surface area contributed by atoms with Gasteiger partial charge >= 0.3 is 0 Å². The van der Waals surface area contributed by atoms with Crippen molar-refractivity contribution in [2.45, 2.75) is 58.0 Å². The molecule has 0 saturated heterocycles. The first-order chi connectivity index (χ1) is 10.1. The molecule has 2 heteroatoms. The van der Waals surface area contributed by atoms with E-state index >= 15 is 0 Å². The van der Waals surface area contributed by atoms with E-state index in [-0.39, 0.29) is 0 Å². The van der Waals surface area contributed by atoms with E-state index in [2.05, 4.69) is 31.2 Å². The summed E-state index contributed by atoms with van der Waals surface area (Å²) < 4.78 is 0. The van der Waals surface area contributed by atoms with Gasteiger partial charge in [0.15, 0.2) is 0 Å². The molecule has 2 aliphatic rings. The van der Waals surface area contributed by atoms with E-state index in [1.807, 2.05) is 6.07 Å². The Bertz CT molecular complexity index is 539. The lowest BCUT2D eigenvalue weighted by Gasteiger charge is -2.41. The highest BCUT2D eigenvalue weighted by molar-refractivity contribution is 5.33. The molecular weight excluding hydrogens is 258 g/mol. The average molecular weight is 283 g/mol. The zero-order valence-electron chi connectivity index (χ0n) is 12.9. The third-order valence-corrected chi connectivity index (χ3v) is 5.76. The summed E-state index contributed by atoms with van der Waals surface area (Å²) in [5.74, 6) is 1.09. The van der Waals surface area contributed by atoms with Crippen molar-refractivity contribution in [1.29, 1.82) is 5.26 Å². The molecular formula is C19H25NO. The number of fused-ring (bicyclic) bond motifs is 1. The van der Waals surface area contributed by atoms with Gasteiger partial charge in [0, 0.05) is 0 Å². The first-order valence-corrected chi connectivity index (χ1v) is 8.31. The number of rotatable bonds is 2. The number of benzene rings is 1. The molecule has 112 valence electrons. The molecule has 2 aliphatic carbocycles. The van der Waals surface area contributed by atoms with Gasteiger partial charge in [-0.15, -0.1) is 0 Å². The monoisotopic (exact) mass is 283 g/mol. The van der Waals surface area contributed by atoms with E-state index in [1.54, 1.807) is 0 Å². The molecule has 0 amide bonds. The number of hydrogen-bond acceptors (Lipinski definition) is 2. The van der Waals surface area contributed by atoms with Gasteiger partial charge in [-0.05, 0) is 55.1 Å². The Balaban J connectivity index is 1.80. The van der Waals surface area contributed by atoms with Crippen LogP contribution in [0, 0.1) is 28.6 Å². The highest BCUT2D eigenvalue weighted by Gasteiger charge is 2.44. The first-order valence-electron chi connectivity index (χ1n) is 8.31. The fourth-order valence-electron chi connectivity index (χ4n) is 4.23. The summed E-state index contributed by atoms with van der Waals surface area (Å²) in [5.41, 5.74) is 2.04. The van der Waals surface area contributed by atoms with Crippen molar-refractivity contribution >= 4 is 0 Å². The van der Waals surface area contributed by atoms with Gasteiger partial charge in [0.1, 0.15) is 0 Å². The van der Waals surface area contributed by atoms with Crippen LogP contribution in [-0.4, -0.2) is 11.2 Å². The fourth-order valence-corrected chi connectivity index (χ4v) is 4.23. The third-order valence-electron chi connectivity index (χ3n) is 5.76. The maximum Gasteiger partial charge on any atom is 0.0878 e. The van der Waals surface area contributed by atoms with E-state index in [4.69, 9.17) is 0 Å². The highest BCUT2D eigenvalue weighted by Crippen LogP contribution is 2.44. The van der Waals surface area contributed by atoms with Crippen LogP contribution in [0.5, 0.6) is 0 Å². The highest BCUT2D eigenvalue weighted by atomic mass is 16.3. The van der Waals surface area contributed by atoms with E-state index < -0.39 is 11.5 Å². The predicted molar refractivity (Wildman–Crippen MR) is 83.6 cm³/mol. The summed E-state index contributed by atoms with van der Waals surface area (Å²) in [4.78, 5) is 0. The van der Waals surface area contributed by atoms with Crippen LogP contribution < -0.4 is 0 Å². The molecule has 0 spiro atoms. The Morgan fingerprint density at radius 3 is 2.52 bits per heavy atom. The Hall–Kier alpha value is -1.33. The molecule has 2 nitrogen and oxygen atoms in total. The summed E-state index contributed by atoms with van der Waals surface area (Å²) in [6.45, 7) is 2.29. The van der Waals surface area contributed by atoms with Gasteiger partial charge in [0.2, 0.25) is 0 Å². The summed E-state index contributed by atoms with van der Waals surface area (Å²) in [7, 11) is 0. The topological polar surface area (TPSA) is 44.0 Å². The Labute approximate surface area is 127 Å². The molecule has 0 aromatic heterocycles. The van der Waals surface area contributed by atoms with Crippen molar-refractivity contribution in [2.24, 2.45) is 17.3 Å². The van der Waals surface area contributed by atoms with Crippen LogP contribution in [0.3, 0.4) is 0 Å². The van der Waals surface area contributed by atoms with Crippen LogP contribution in [-0.2, 0) is 12.8 Å². The maximum atomic E-state index is 10.9. The van der Waals surface area contributed by atoms with Gasteiger partial charge in [-0.2, -0.15) is 5.26 Å². The molecule has 3 rings (SSSR count). The second-order valence-electron chi connectivity index (χ2n) is 7.18. The number of nitriles is 1. The number of aryl methyl sites for hydroxylation is 1. The van der Waals surface area contributed by atoms with Gasteiger partial charge in [0.25, 0.3) is 0 Å². The molecule has 0 aliphatic heterocycles. The molecule has 1 aromatic carbocycles. The molecule has 0 radical (unpaired) electrons. The van der Waals surface area contributed by atoms with Crippen molar-refractivity contribution in [2.75, 3.05) is 0 Å². The minimum absolute atomic E-state index is 0.311. The molecule has 2 unspecified atom stereocenters. The van der Waals surface area contributed by atoms with E-state index in [1.165, 1.54) is 24.0 Å². The Morgan fingerprint density at radius 2 is 1.86 bits per heavy atom. The van der Waals surface area contributed by atoms with Crippen LogP contribution >= 0.6 is 0 Å². The largest absolute Gasteiger partial charge is 0.391 e. The normalized spacial score (nSPS) is 33.8. The molecule has 2 atom stereocenters. The smallest absolute Gasteiger partial charge is 0.0878 e. The molecule has 1 saturated carbocycles. The minimum atomic E-state index is -0.570. The molecule has 1 N–H and O–H groups in total. The fraction of sp³-hybridized carbons (Fsp3) is 0.632. The lowest BCUT2D eigenvalue weighted by Crippen LogP contribution is -2.44. The summed E-state index contributed by atoms with van der Waals surface area (Å²) in [6, 6.07) is 10.9. The first kappa shape index (κ1) is 14.6. The van der Waals surface area contributed by atoms with Crippen LogP contribution in [0.2, 0.25) is 0 Å². The van der Waals surface area contributed by atoms with Crippen molar-refractivity contribution in [3.63, 3.8) is 0 Å². The van der Waals surface area contributed by atoms with E-state index in [9.17, 15) is 10.4 Å². The number of hydrogen-bond donors (Lipinski definition) is 1. The van der Waals surface area contributed by atoms with Crippen molar-refractivity contribution in [1.82, 2.24) is 0 Å². The van der Waals surface area contributed by atoms with Crippen LogP contribution in [0.4, 0.5) is 0 Å². The van der Waals surface area contributed by atoms with Gasteiger partial charge in [-0.1, -0.05) is 44.0 Å². The van der Waals surface area contributed by atoms with Crippen LogP contribution in [0.25, 0.3) is 0 Å². The summed E-state index contributed by atoms with van der Waals surface area (Å²) in [5, 5.41) is 20.7. The van der Waals surface area contributed by atoms with Gasteiger partial charge < -0.3 is 5.11 Å². The maximum absolute atomic E-state index is 10.9. The second-order valence-corrected chi connectivity index (χ2v) is 7.18. The predicted octanol–water partition coefficient (Wildman–Crippen LogP) is 3.87. The lowest BCUT2D eigenvalue weighted by molar-refractivity contribution is -0.0123. The van der Waals surface area contributed by atoms with E-state index in [0.29, 0.717) is 12.3 Å².